The van der Waals surface area contributed by atoms with E-state index in [1.807, 2.05) is 0 Å². The molecular weight excluding hydrogens is 144 g/mol. The second kappa shape index (κ2) is 4.66. The van der Waals surface area contributed by atoms with Crippen LogP contribution in [0.4, 0.5) is 0 Å². The molecule has 0 rings (SSSR count). The lowest BCUT2D eigenvalue weighted by Crippen LogP contribution is -2.43. The van der Waals surface area contributed by atoms with Crippen LogP contribution in [0, 0.1) is 0 Å². The summed E-state index contributed by atoms with van der Waals surface area (Å²) in [7, 11) is 0. The van der Waals surface area contributed by atoms with Crippen LogP contribution in [0.3, 0.4) is 0 Å². The average molecular weight is 162 g/mol. The topological polar surface area (TPSA) is 92.5 Å². The van der Waals surface area contributed by atoms with Crippen LogP contribution in [0.5, 0.6) is 0 Å². The molecule has 0 heterocycles. The first-order valence-electron chi connectivity index (χ1n) is 3.79. The Balaban J connectivity index is 3.64. The molecule has 0 aliphatic heterocycles. The van der Waals surface area contributed by atoms with Gasteiger partial charge in [-0.15, -0.1) is 0 Å². The summed E-state index contributed by atoms with van der Waals surface area (Å²) in [5, 5.41) is 18.0. The van der Waals surface area contributed by atoms with Gasteiger partial charge in [0.15, 0.2) is 0 Å². The van der Waals surface area contributed by atoms with Crippen LogP contribution in [-0.2, 0) is 0 Å². The molecular formula is C7H18N2O2. The Morgan fingerprint density at radius 3 is 2.45 bits per heavy atom. The van der Waals surface area contributed by atoms with Gasteiger partial charge in [0.05, 0.1) is 12.7 Å². The lowest BCUT2D eigenvalue weighted by molar-refractivity contribution is 0.102. The van der Waals surface area contributed by atoms with Crippen LogP contribution < -0.4 is 11.5 Å². The standard InChI is InChI=1S/C7H18N2O2/c1-7(9,5-10)4-6(11)2-3-8/h6,10-11H,2-5,8-9H2,1H3. The van der Waals surface area contributed by atoms with Crippen LogP contribution in [0.2, 0.25) is 0 Å². The number of hydrogen-bond donors (Lipinski definition) is 4. The molecule has 2 unspecified atom stereocenters. The molecule has 0 aromatic rings. The Hall–Kier alpha value is -0.160. The lowest BCUT2D eigenvalue weighted by atomic mass is 9.95. The fraction of sp³-hybridized carbons (Fsp3) is 1.00. The molecule has 0 amide bonds. The highest BCUT2D eigenvalue weighted by Crippen LogP contribution is 2.09. The van der Waals surface area contributed by atoms with Gasteiger partial charge in [0.2, 0.25) is 0 Å². The summed E-state index contributed by atoms with van der Waals surface area (Å²) in [4.78, 5) is 0. The molecule has 0 bridgehead atoms. The Morgan fingerprint density at radius 1 is 1.55 bits per heavy atom. The van der Waals surface area contributed by atoms with Crippen LogP contribution in [0.1, 0.15) is 19.8 Å². The summed E-state index contributed by atoms with van der Waals surface area (Å²) in [6, 6.07) is 0. The minimum Gasteiger partial charge on any atom is -0.394 e. The molecule has 0 saturated carbocycles. The summed E-state index contributed by atoms with van der Waals surface area (Å²) < 4.78 is 0. The van der Waals surface area contributed by atoms with Crippen molar-refractivity contribution < 1.29 is 10.2 Å². The molecule has 68 valence electrons. The Kier molecular flexibility index (Phi) is 4.60. The number of aliphatic hydroxyl groups is 2. The van der Waals surface area contributed by atoms with Gasteiger partial charge >= 0.3 is 0 Å². The van der Waals surface area contributed by atoms with Gasteiger partial charge in [-0.2, -0.15) is 0 Å². The van der Waals surface area contributed by atoms with Crippen molar-refractivity contribution in [2.45, 2.75) is 31.4 Å². The maximum absolute atomic E-state index is 9.24. The van der Waals surface area contributed by atoms with E-state index in [0.717, 1.165) is 0 Å². The normalized spacial score (nSPS) is 19.4. The molecule has 4 heteroatoms. The molecule has 0 radical (unpaired) electrons. The maximum atomic E-state index is 9.24. The first kappa shape index (κ1) is 10.8. The minimum absolute atomic E-state index is 0.116. The summed E-state index contributed by atoms with van der Waals surface area (Å²) in [6.07, 6.45) is 0.426. The first-order chi connectivity index (χ1) is 5.02. The van der Waals surface area contributed by atoms with Crippen LogP contribution >= 0.6 is 0 Å². The zero-order valence-corrected chi connectivity index (χ0v) is 6.95. The van der Waals surface area contributed by atoms with Crippen molar-refractivity contribution in [3.8, 4) is 0 Å². The summed E-state index contributed by atoms with van der Waals surface area (Å²) in [5.41, 5.74) is 10.1. The van der Waals surface area contributed by atoms with Gasteiger partial charge in [-0.05, 0) is 26.3 Å². The maximum Gasteiger partial charge on any atom is 0.0609 e. The van der Waals surface area contributed by atoms with E-state index >= 15 is 0 Å². The van der Waals surface area contributed by atoms with E-state index in [-0.39, 0.29) is 6.61 Å². The van der Waals surface area contributed by atoms with Crippen molar-refractivity contribution in [2.24, 2.45) is 11.5 Å². The molecule has 6 N–H and O–H groups in total. The number of nitrogens with two attached hydrogens (primary N) is 2. The van der Waals surface area contributed by atoms with E-state index in [1.165, 1.54) is 0 Å². The third kappa shape index (κ3) is 5.15. The molecule has 4 nitrogen and oxygen atoms in total. The van der Waals surface area contributed by atoms with Gasteiger partial charge in [0.25, 0.3) is 0 Å². The van der Waals surface area contributed by atoms with Crippen molar-refractivity contribution >= 4 is 0 Å². The van der Waals surface area contributed by atoms with Gasteiger partial charge < -0.3 is 21.7 Å². The van der Waals surface area contributed by atoms with E-state index in [9.17, 15) is 5.11 Å². The number of aliphatic hydroxyl groups excluding tert-OH is 2. The molecule has 2 atom stereocenters. The van der Waals surface area contributed by atoms with Crippen molar-refractivity contribution in [2.75, 3.05) is 13.2 Å². The van der Waals surface area contributed by atoms with E-state index in [0.29, 0.717) is 19.4 Å². The summed E-state index contributed by atoms with van der Waals surface area (Å²) in [6.45, 7) is 2.03. The van der Waals surface area contributed by atoms with Crippen LogP contribution in [0.25, 0.3) is 0 Å². The predicted octanol–water partition coefficient (Wildman–Crippen LogP) is -1.20. The zero-order chi connectivity index (χ0) is 8.91. The average Bonchev–Trinajstić information content (AvgIpc) is 1.87. The van der Waals surface area contributed by atoms with Gasteiger partial charge in [0, 0.05) is 5.54 Å². The zero-order valence-electron chi connectivity index (χ0n) is 6.95. The second-order valence-electron chi connectivity index (χ2n) is 3.25. The van der Waals surface area contributed by atoms with Crippen LogP contribution in [0.15, 0.2) is 0 Å². The second-order valence-corrected chi connectivity index (χ2v) is 3.25. The highest BCUT2D eigenvalue weighted by molar-refractivity contribution is 4.80. The smallest absolute Gasteiger partial charge is 0.0609 e. The van der Waals surface area contributed by atoms with Gasteiger partial charge in [-0.1, -0.05) is 0 Å². The molecule has 0 aliphatic carbocycles. The molecule has 0 aromatic carbocycles. The highest BCUT2D eigenvalue weighted by Gasteiger charge is 2.20. The third-order valence-electron chi connectivity index (χ3n) is 1.56. The van der Waals surface area contributed by atoms with Gasteiger partial charge in [-0.3, -0.25) is 0 Å². The van der Waals surface area contributed by atoms with Crippen LogP contribution in [-0.4, -0.2) is 35.0 Å². The predicted molar refractivity (Wildman–Crippen MR) is 44.0 cm³/mol. The van der Waals surface area contributed by atoms with Crippen molar-refractivity contribution in [3.05, 3.63) is 0 Å². The molecule has 0 spiro atoms. The monoisotopic (exact) mass is 162 g/mol. The van der Waals surface area contributed by atoms with Gasteiger partial charge in [0.1, 0.15) is 0 Å². The molecule has 0 aliphatic rings. The summed E-state index contributed by atoms with van der Waals surface area (Å²) >= 11 is 0. The third-order valence-corrected chi connectivity index (χ3v) is 1.56. The molecule has 0 fully saturated rings. The van der Waals surface area contributed by atoms with E-state index in [2.05, 4.69) is 0 Å². The lowest BCUT2D eigenvalue weighted by Gasteiger charge is -2.24. The molecule has 0 saturated heterocycles. The number of rotatable bonds is 5. The van der Waals surface area contributed by atoms with Crippen molar-refractivity contribution in [1.82, 2.24) is 0 Å². The SMILES string of the molecule is CC(N)(CO)CC(O)CCN. The number of hydrogen-bond acceptors (Lipinski definition) is 4. The highest BCUT2D eigenvalue weighted by atomic mass is 16.3. The summed E-state index contributed by atoms with van der Waals surface area (Å²) in [5.74, 6) is 0. The Bertz CT molecular complexity index is 107. The molecule has 11 heavy (non-hydrogen) atoms. The molecule has 0 aromatic heterocycles. The fourth-order valence-electron chi connectivity index (χ4n) is 0.897. The van der Waals surface area contributed by atoms with Crippen molar-refractivity contribution in [1.29, 1.82) is 0 Å². The van der Waals surface area contributed by atoms with Gasteiger partial charge in [-0.25, -0.2) is 0 Å². The Morgan fingerprint density at radius 2 is 2.09 bits per heavy atom. The minimum atomic E-state index is -0.686. The van der Waals surface area contributed by atoms with E-state index in [4.69, 9.17) is 16.6 Å². The quantitative estimate of drug-likeness (QED) is 0.408. The first-order valence-corrected chi connectivity index (χ1v) is 3.79. The van der Waals surface area contributed by atoms with E-state index in [1.54, 1.807) is 6.92 Å². The van der Waals surface area contributed by atoms with Crippen molar-refractivity contribution in [3.63, 3.8) is 0 Å². The van der Waals surface area contributed by atoms with E-state index < -0.39 is 11.6 Å². The fourth-order valence-corrected chi connectivity index (χ4v) is 0.897. The Labute approximate surface area is 67.2 Å². The largest absolute Gasteiger partial charge is 0.394 e.